The second kappa shape index (κ2) is 11.3. The third kappa shape index (κ3) is 6.28. The maximum atomic E-state index is 12.5. The van der Waals surface area contributed by atoms with Crippen molar-refractivity contribution in [2.75, 3.05) is 17.2 Å². The lowest BCUT2D eigenvalue weighted by molar-refractivity contribution is -0.115. The number of aliphatic hydroxyl groups is 1. The summed E-state index contributed by atoms with van der Waals surface area (Å²) in [5, 5.41) is 15.4. The van der Waals surface area contributed by atoms with Crippen molar-refractivity contribution in [1.29, 1.82) is 0 Å². The largest absolute Gasteiger partial charge is 0.390 e. The Morgan fingerprint density at radius 2 is 1.49 bits per heavy atom. The molecule has 2 aromatic heterocycles. The lowest BCUT2D eigenvalue weighted by atomic mass is 10.1. The Kier molecular flexibility index (Phi) is 8.12. The van der Waals surface area contributed by atoms with Crippen LogP contribution < -0.4 is 22.0 Å². The Bertz CT molecular complexity index is 1260. The topological polar surface area (TPSA) is 176 Å². The summed E-state index contributed by atoms with van der Waals surface area (Å²) in [5.41, 5.74) is -1.18. The average Bonchev–Trinajstić information content (AvgIpc) is 3.39. The number of aromatic nitrogens is 4. The molecule has 2 aromatic rings. The zero-order valence-corrected chi connectivity index (χ0v) is 20.7. The minimum absolute atomic E-state index is 0.0513. The van der Waals surface area contributed by atoms with Crippen LogP contribution >= 0.6 is 0 Å². The summed E-state index contributed by atoms with van der Waals surface area (Å²) in [7, 11) is 0. The molecule has 0 aromatic carbocycles. The van der Waals surface area contributed by atoms with Crippen LogP contribution in [-0.2, 0) is 23.8 Å². The van der Waals surface area contributed by atoms with Crippen LogP contribution in [0.4, 0.5) is 11.6 Å². The fourth-order valence-electron chi connectivity index (χ4n) is 4.43. The fraction of sp³-hybridized carbons (Fsp3) is 0.565. The molecule has 6 atom stereocenters. The molecule has 0 aliphatic carbocycles. The highest BCUT2D eigenvalue weighted by atomic mass is 16.6. The van der Waals surface area contributed by atoms with Crippen molar-refractivity contribution in [3.05, 3.63) is 45.5 Å². The van der Waals surface area contributed by atoms with Crippen LogP contribution in [0, 0.1) is 0 Å². The maximum Gasteiger partial charge on any atom is 0.351 e. The van der Waals surface area contributed by atoms with Crippen molar-refractivity contribution in [2.45, 2.75) is 76.9 Å². The van der Waals surface area contributed by atoms with Gasteiger partial charge in [-0.15, -0.1) is 0 Å². The van der Waals surface area contributed by atoms with Crippen LogP contribution in [0.5, 0.6) is 0 Å². The highest BCUT2D eigenvalue weighted by Crippen LogP contribution is 2.33. The van der Waals surface area contributed by atoms with Crippen LogP contribution in [0.1, 0.15) is 52.5 Å². The molecular formula is C23H30N6O8. The Labute approximate surface area is 211 Å². The summed E-state index contributed by atoms with van der Waals surface area (Å²) in [6.45, 7) is 4.63. The maximum absolute atomic E-state index is 12.5. The summed E-state index contributed by atoms with van der Waals surface area (Å²) in [6.07, 6.45) is 0.561. The van der Waals surface area contributed by atoms with E-state index >= 15 is 0 Å². The van der Waals surface area contributed by atoms with Gasteiger partial charge in [-0.05, 0) is 18.6 Å². The minimum Gasteiger partial charge on any atom is -0.390 e. The van der Waals surface area contributed by atoms with Gasteiger partial charge in [0.1, 0.15) is 30.2 Å². The molecule has 2 fully saturated rings. The SMILES string of the molecule is CC[C@H]1O[C@@H](n2ccc(NC(C)=O)nc2=O)CC1OC[C@H]1O[C@@H](n2ccc(NC(C)=O)nc2=O)CC1O. The van der Waals surface area contributed by atoms with Gasteiger partial charge >= 0.3 is 11.4 Å². The van der Waals surface area contributed by atoms with E-state index in [1.165, 1.54) is 47.5 Å². The molecule has 37 heavy (non-hydrogen) atoms. The van der Waals surface area contributed by atoms with Crippen LogP contribution in [0.25, 0.3) is 0 Å². The van der Waals surface area contributed by atoms with Crippen molar-refractivity contribution < 1.29 is 28.9 Å². The number of anilines is 2. The summed E-state index contributed by atoms with van der Waals surface area (Å²) in [5.74, 6) is -0.385. The molecule has 0 bridgehead atoms. The number of hydrogen-bond acceptors (Lipinski definition) is 10. The Morgan fingerprint density at radius 3 is 1.97 bits per heavy atom. The van der Waals surface area contributed by atoms with E-state index < -0.39 is 36.0 Å². The molecule has 0 spiro atoms. The molecule has 4 rings (SSSR count). The molecule has 4 heterocycles. The van der Waals surface area contributed by atoms with E-state index in [2.05, 4.69) is 20.6 Å². The quantitative estimate of drug-likeness (QED) is 0.436. The van der Waals surface area contributed by atoms with E-state index in [9.17, 15) is 24.3 Å². The van der Waals surface area contributed by atoms with Crippen LogP contribution in [0.3, 0.4) is 0 Å². The molecule has 2 aliphatic rings. The molecule has 2 aliphatic heterocycles. The molecule has 2 saturated heterocycles. The highest BCUT2D eigenvalue weighted by molar-refractivity contribution is 5.87. The Morgan fingerprint density at radius 1 is 0.973 bits per heavy atom. The second-order valence-corrected chi connectivity index (χ2v) is 8.94. The molecule has 0 saturated carbocycles. The van der Waals surface area contributed by atoms with E-state index in [-0.39, 0.29) is 48.7 Å². The molecule has 2 amide bonds. The van der Waals surface area contributed by atoms with Crippen LogP contribution in [0.15, 0.2) is 34.1 Å². The third-order valence-electron chi connectivity index (χ3n) is 6.15. The predicted molar refractivity (Wildman–Crippen MR) is 129 cm³/mol. The Hall–Kier alpha value is -3.46. The van der Waals surface area contributed by atoms with Gasteiger partial charge in [0, 0.05) is 39.1 Å². The van der Waals surface area contributed by atoms with Gasteiger partial charge in [-0.25, -0.2) is 9.59 Å². The van der Waals surface area contributed by atoms with Crippen LogP contribution in [-0.4, -0.2) is 67.0 Å². The summed E-state index contributed by atoms with van der Waals surface area (Å²) >= 11 is 0. The number of rotatable bonds is 8. The number of amides is 2. The molecule has 0 radical (unpaired) electrons. The number of nitrogens with zero attached hydrogens (tertiary/aromatic N) is 4. The van der Waals surface area contributed by atoms with Gasteiger partial charge in [-0.3, -0.25) is 18.7 Å². The van der Waals surface area contributed by atoms with Crippen molar-refractivity contribution in [3.63, 3.8) is 0 Å². The predicted octanol–water partition coefficient (Wildman–Crippen LogP) is 0.148. The van der Waals surface area contributed by atoms with E-state index in [1.807, 2.05) is 6.92 Å². The van der Waals surface area contributed by atoms with Gasteiger partial charge in [0.2, 0.25) is 11.8 Å². The summed E-state index contributed by atoms with van der Waals surface area (Å²) in [6, 6.07) is 2.99. The average molecular weight is 519 g/mol. The van der Waals surface area contributed by atoms with E-state index in [0.717, 1.165) is 0 Å². The Balaban J connectivity index is 1.37. The number of ether oxygens (including phenoxy) is 3. The number of carbonyl (C=O) groups excluding carboxylic acids is 2. The zero-order chi connectivity index (χ0) is 26.7. The molecule has 14 nitrogen and oxygen atoms in total. The van der Waals surface area contributed by atoms with Crippen molar-refractivity contribution in [1.82, 2.24) is 19.1 Å². The molecule has 14 heteroatoms. The van der Waals surface area contributed by atoms with Crippen molar-refractivity contribution in [3.8, 4) is 0 Å². The van der Waals surface area contributed by atoms with Crippen LogP contribution in [0.2, 0.25) is 0 Å². The van der Waals surface area contributed by atoms with Gasteiger partial charge in [0.25, 0.3) is 0 Å². The first-order chi connectivity index (χ1) is 17.6. The summed E-state index contributed by atoms with van der Waals surface area (Å²) < 4.78 is 20.6. The van der Waals surface area contributed by atoms with Gasteiger partial charge in [-0.2, -0.15) is 9.97 Å². The van der Waals surface area contributed by atoms with Gasteiger partial charge in [0.15, 0.2) is 0 Å². The lowest BCUT2D eigenvalue weighted by Crippen LogP contribution is -2.32. The zero-order valence-electron chi connectivity index (χ0n) is 20.7. The number of nitrogens with one attached hydrogen (secondary N) is 2. The molecule has 200 valence electrons. The van der Waals surface area contributed by atoms with Gasteiger partial charge in [-0.1, -0.05) is 6.92 Å². The third-order valence-corrected chi connectivity index (χ3v) is 6.15. The second-order valence-electron chi connectivity index (χ2n) is 8.94. The standard InChI is InChI=1S/C23H30N6O8/c1-4-15-16(10-21(36-15)29-8-6-19(25-13(3)31)27-23(29)34)35-11-17-14(32)9-20(37-17)28-7-5-18(24-12(2)30)26-22(28)33/h5-8,14-17,20-21,32H,4,9-11H2,1-3H3,(H,24,26,30,33)(H,25,27,31,34)/t14?,15-,16?,17-,20-,21-/m1/s1. The number of aliphatic hydroxyl groups excluding tert-OH is 1. The first-order valence-corrected chi connectivity index (χ1v) is 12.0. The van der Waals surface area contributed by atoms with E-state index in [4.69, 9.17) is 14.2 Å². The van der Waals surface area contributed by atoms with Crippen molar-refractivity contribution in [2.24, 2.45) is 0 Å². The molecule has 2 unspecified atom stereocenters. The number of carbonyl (C=O) groups is 2. The smallest absolute Gasteiger partial charge is 0.351 e. The molecular weight excluding hydrogens is 488 g/mol. The fourth-order valence-corrected chi connectivity index (χ4v) is 4.43. The summed E-state index contributed by atoms with van der Waals surface area (Å²) in [4.78, 5) is 54.9. The minimum atomic E-state index is -0.877. The molecule has 3 N–H and O–H groups in total. The van der Waals surface area contributed by atoms with E-state index in [0.29, 0.717) is 12.8 Å². The normalized spacial score (nSPS) is 27.2. The van der Waals surface area contributed by atoms with Gasteiger partial charge in [0.05, 0.1) is 24.9 Å². The highest BCUT2D eigenvalue weighted by Gasteiger charge is 2.40. The van der Waals surface area contributed by atoms with Gasteiger partial charge < -0.3 is 30.0 Å². The lowest BCUT2D eigenvalue weighted by Gasteiger charge is -2.21. The van der Waals surface area contributed by atoms with E-state index in [1.54, 1.807) is 0 Å². The van der Waals surface area contributed by atoms with Crippen molar-refractivity contribution >= 4 is 23.5 Å². The number of hydrogen-bond donors (Lipinski definition) is 3. The first-order valence-electron chi connectivity index (χ1n) is 12.0. The monoisotopic (exact) mass is 518 g/mol. The first kappa shape index (κ1) is 26.6.